The molecule has 6 nitrogen and oxygen atoms in total. The molecule has 0 bridgehead atoms. The molecule has 2 amide bonds. The standard InChI is InChI=1S/C17H26N4O2/c1-3-23-16-7-5-4-6-15(16)18-17(22)21-12-14(13-21)20-10-8-19(2)9-11-20/h4-7,14H,3,8-13H2,1-2H3,(H,18,22). The van der Waals surface area contributed by atoms with E-state index in [1.54, 1.807) is 0 Å². The van der Waals surface area contributed by atoms with Gasteiger partial charge in [0.1, 0.15) is 5.75 Å². The van der Waals surface area contributed by atoms with Gasteiger partial charge in [-0.2, -0.15) is 0 Å². The summed E-state index contributed by atoms with van der Waals surface area (Å²) in [4.78, 5) is 19.1. The van der Waals surface area contributed by atoms with Crippen LogP contribution in [0.4, 0.5) is 10.5 Å². The molecule has 0 aromatic heterocycles. The zero-order valence-electron chi connectivity index (χ0n) is 14.0. The van der Waals surface area contributed by atoms with Gasteiger partial charge in [0, 0.05) is 45.3 Å². The number of anilines is 1. The Bertz CT molecular complexity index is 537. The van der Waals surface area contributed by atoms with Gasteiger partial charge >= 0.3 is 6.03 Å². The number of ether oxygens (including phenoxy) is 1. The number of likely N-dealkylation sites (tertiary alicyclic amines) is 1. The van der Waals surface area contributed by atoms with Gasteiger partial charge in [0.25, 0.3) is 0 Å². The average molecular weight is 318 g/mol. The maximum absolute atomic E-state index is 12.4. The van der Waals surface area contributed by atoms with Crippen molar-refractivity contribution in [1.29, 1.82) is 0 Å². The van der Waals surface area contributed by atoms with E-state index in [2.05, 4.69) is 22.2 Å². The van der Waals surface area contributed by atoms with Crippen LogP contribution >= 0.6 is 0 Å². The molecule has 23 heavy (non-hydrogen) atoms. The van der Waals surface area contributed by atoms with E-state index >= 15 is 0 Å². The summed E-state index contributed by atoms with van der Waals surface area (Å²) >= 11 is 0. The summed E-state index contributed by atoms with van der Waals surface area (Å²) in [5.41, 5.74) is 0.738. The van der Waals surface area contributed by atoms with E-state index in [0.29, 0.717) is 12.6 Å². The van der Waals surface area contributed by atoms with Gasteiger partial charge in [-0.15, -0.1) is 0 Å². The number of para-hydroxylation sites is 2. The first-order valence-corrected chi connectivity index (χ1v) is 8.37. The number of benzene rings is 1. The maximum atomic E-state index is 12.4. The normalized spacial score (nSPS) is 20.2. The number of likely N-dealkylation sites (N-methyl/N-ethyl adjacent to an activating group) is 1. The summed E-state index contributed by atoms with van der Waals surface area (Å²) in [6, 6.07) is 8.04. The lowest BCUT2D eigenvalue weighted by atomic mass is 10.1. The number of carbonyl (C=O) groups excluding carboxylic acids is 1. The van der Waals surface area contributed by atoms with Gasteiger partial charge in [0.15, 0.2) is 0 Å². The number of hydrogen-bond acceptors (Lipinski definition) is 4. The van der Waals surface area contributed by atoms with Crippen molar-refractivity contribution in [3.8, 4) is 5.75 Å². The smallest absolute Gasteiger partial charge is 0.322 e. The zero-order chi connectivity index (χ0) is 16.2. The zero-order valence-corrected chi connectivity index (χ0v) is 14.0. The Labute approximate surface area is 138 Å². The molecule has 0 saturated carbocycles. The summed E-state index contributed by atoms with van der Waals surface area (Å²) in [5.74, 6) is 0.722. The summed E-state index contributed by atoms with van der Waals surface area (Å²) in [5, 5.41) is 2.96. The highest BCUT2D eigenvalue weighted by molar-refractivity contribution is 5.91. The highest BCUT2D eigenvalue weighted by Crippen LogP contribution is 2.25. The summed E-state index contributed by atoms with van der Waals surface area (Å²) < 4.78 is 5.55. The highest BCUT2D eigenvalue weighted by atomic mass is 16.5. The Kier molecular flexibility index (Phi) is 5.03. The van der Waals surface area contributed by atoms with Crippen LogP contribution in [0.15, 0.2) is 24.3 Å². The summed E-state index contributed by atoms with van der Waals surface area (Å²) in [6.45, 7) is 8.58. The van der Waals surface area contributed by atoms with Gasteiger partial charge in [-0.1, -0.05) is 12.1 Å². The number of nitrogens with one attached hydrogen (secondary N) is 1. The Morgan fingerprint density at radius 2 is 1.91 bits per heavy atom. The fraction of sp³-hybridized carbons (Fsp3) is 0.588. The SMILES string of the molecule is CCOc1ccccc1NC(=O)N1CC(N2CCN(C)CC2)C1. The van der Waals surface area contributed by atoms with Crippen molar-refractivity contribution in [2.24, 2.45) is 0 Å². The second-order valence-corrected chi connectivity index (χ2v) is 6.26. The molecule has 0 radical (unpaired) electrons. The van der Waals surface area contributed by atoms with Crippen LogP contribution < -0.4 is 10.1 Å². The third kappa shape index (κ3) is 3.76. The van der Waals surface area contributed by atoms with Gasteiger partial charge in [0.2, 0.25) is 0 Å². The van der Waals surface area contributed by atoms with Crippen LogP contribution in [-0.4, -0.2) is 79.7 Å². The van der Waals surface area contributed by atoms with Crippen LogP contribution in [0.3, 0.4) is 0 Å². The van der Waals surface area contributed by atoms with E-state index in [0.717, 1.165) is 50.7 Å². The third-order valence-corrected chi connectivity index (χ3v) is 4.63. The van der Waals surface area contributed by atoms with Crippen molar-refractivity contribution in [2.45, 2.75) is 13.0 Å². The Morgan fingerprint density at radius 1 is 1.22 bits per heavy atom. The molecule has 0 aliphatic carbocycles. The molecule has 2 aliphatic heterocycles. The first-order chi connectivity index (χ1) is 11.2. The lowest BCUT2D eigenvalue weighted by Gasteiger charge is -2.47. The molecule has 1 aromatic carbocycles. The minimum Gasteiger partial charge on any atom is -0.492 e. The predicted molar refractivity (Wildman–Crippen MR) is 91.1 cm³/mol. The number of carbonyl (C=O) groups is 1. The fourth-order valence-electron chi connectivity index (χ4n) is 3.08. The maximum Gasteiger partial charge on any atom is 0.322 e. The van der Waals surface area contributed by atoms with Gasteiger partial charge in [0.05, 0.1) is 12.3 Å². The van der Waals surface area contributed by atoms with E-state index in [9.17, 15) is 4.79 Å². The molecule has 126 valence electrons. The van der Waals surface area contributed by atoms with Crippen LogP contribution in [0.25, 0.3) is 0 Å². The topological polar surface area (TPSA) is 48.1 Å². The van der Waals surface area contributed by atoms with Crippen molar-refractivity contribution in [3.63, 3.8) is 0 Å². The number of amides is 2. The van der Waals surface area contributed by atoms with E-state index in [1.807, 2.05) is 36.1 Å². The Balaban J connectivity index is 1.49. The van der Waals surface area contributed by atoms with Crippen LogP contribution in [0, 0.1) is 0 Å². The van der Waals surface area contributed by atoms with E-state index in [4.69, 9.17) is 4.74 Å². The van der Waals surface area contributed by atoms with Crippen molar-refractivity contribution in [1.82, 2.24) is 14.7 Å². The molecule has 0 atom stereocenters. The molecule has 2 fully saturated rings. The first-order valence-electron chi connectivity index (χ1n) is 8.37. The second-order valence-electron chi connectivity index (χ2n) is 6.26. The Morgan fingerprint density at radius 3 is 2.61 bits per heavy atom. The molecule has 3 rings (SSSR count). The molecule has 2 heterocycles. The van der Waals surface area contributed by atoms with E-state index in [-0.39, 0.29) is 6.03 Å². The first kappa shape index (κ1) is 16.1. The van der Waals surface area contributed by atoms with Crippen LogP contribution in [0.1, 0.15) is 6.92 Å². The summed E-state index contributed by atoms with van der Waals surface area (Å²) in [7, 11) is 2.16. The number of urea groups is 1. The van der Waals surface area contributed by atoms with Crippen molar-refractivity contribution in [2.75, 3.05) is 58.2 Å². The molecular formula is C17H26N4O2. The van der Waals surface area contributed by atoms with Crippen LogP contribution in [0.5, 0.6) is 5.75 Å². The number of hydrogen-bond donors (Lipinski definition) is 1. The lowest BCUT2D eigenvalue weighted by molar-refractivity contribution is 0.0318. The highest BCUT2D eigenvalue weighted by Gasteiger charge is 2.35. The molecule has 0 unspecified atom stereocenters. The van der Waals surface area contributed by atoms with Gasteiger partial charge in [-0.25, -0.2) is 4.79 Å². The summed E-state index contributed by atoms with van der Waals surface area (Å²) in [6.07, 6.45) is 0. The minimum atomic E-state index is -0.0393. The minimum absolute atomic E-state index is 0.0393. The van der Waals surface area contributed by atoms with E-state index < -0.39 is 0 Å². The van der Waals surface area contributed by atoms with Crippen LogP contribution in [-0.2, 0) is 0 Å². The molecule has 1 aromatic rings. The number of rotatable bonds is 4. The molecule has 2 saturated heterocycles. The quantitative estimate of drug-likeness (QED) is 0.915. The predicted octanol–water partition coefficient (Wildman–Crippen LogP) is 1.55. The number of piperazine rings is 1. The van der Waals surface area contributed by atoms with Crippen molar-refractivity contribution >= 4 is 11.7 Å². The number of nitrogens with zero attached hydrogens (tertiary/aromatic N) is 3. The monoisotopic (exact) mass is 318 g/mol. The fourth-order valence-corrected chi connectivity index (χ4v) is 3.08. The lowest BCUT2D eigenvalue weighted by Crippen LogP contribution is -2.64. The second kappa shape index (κ2) is 7.19. The molecular weight excluding hydrogens is 292 g/mol. The average Bonchev–Trinajstić information content (AvgIpc) is 2.50. The van der Waals surface area contributed by atoms with E-state index in [1.165, 1.54) is 0 Å². The largest absolute Gasteiger partial charge is 0.492 e. The molecule has 1 N–H and O–H groups in total. The van der Waals surface area contributed by atoms with Gasteiger partial charge in [-0.05, 0) is 26.1 Å². The molecule has 6 heteroatoms. The Hall–Kier alpha value is -1.79. The molecule has 0 spiro atoms. The van der Waals surface area contributed by atoms with Crippen molar-refractivity contribution in [3.05, 3.63) is 24.3 Å². The third-order valence-electron chi connectivity index (χ3n) is 4.63. The van der Waals surface area contributed by atoms with Gasteiger partial charge < -0.3 is 19.9 Å². The van der Waals surface area contributed by atoms with Crippen LogP contribution in [0.2, 0.25) is 0 Å². The van der Waals surface area contributed by atoms with Gasteiger partial charge in [-0.3, -0.25) is 4.90 Å². The molecule has 2 aliphatic rings. The van der Waals surface area contributed by atoms with Crippen molar-refractivity contribution < 1.29 is 9.53 Å².